The Balaban J connectivity index is 2.07. The molecule has 1 aromatic rings. The molecule has 0 saturated carbocycles. The van der Waals surface area contributed by atoms with E-state index in [1.54, 1.807) is 0 Å². The minimum absolute atomic E-state index is 0.0422. The first kappa shape index (κ1) is 15.9. The fourth-order valence-corrected chi connectivity index (χ4v) is 3.54. The van der Waals surface area contributed by atoms with E-state index in [9.17, 15) is 13.2 Å². The molecule has 1 fully saturated rings. The van der Waals surface area contributed by atoms with Gasteiger partial charge in [-0.1, -0.05) is 0 Å². The van der Waals surface area contributed by atoms with Crippen molar-refractivity contribution in [3.8, 4) is 0 Å². The number of carboxylic acid groups (broad SMARTS) is 1. The minimum Gasteiger partial charge on any atom is -0.481 e. The average molecular weight is 317 g/mol. The minimum atomic E-state index is -3.67. The number of nitrogens with zero attached hydrogens (tertiary/aromatic N) is 2. The molecule has 9 heteroatoms. The molecular formula is C12H19N3O5S. The van der Waals surface area contributed by atoms with Crippen molar-refractivity contribution in [3.63, 3.8) is 0 Å². The number of ether oxygens (including phenoxy) is 1. The number of sulfonamides is 1. The molecule has 0 amide bonds. The van der Waals surface area contributed by atoms with Crippen molar-refractivity contribution in [1.82, 2.24) is 14.5 Å². The molecule has 0 bridgehead atoms. The smallest absolute Gasteiger partial charge is 0.305 e. The van der Waals surface area contributed by atoms with E-state index >= 15 is 0 Å². The number of rotatable bonds is 6. The number of aliphatic carboxylic acids is 1. The lowest BCUT2D eigenvalue weighted by Crippen LogP contribution is -2.49. The molecule has 1 aliphatic heterocycles. The fourth-order valence-electron chi connectivity index (χ4n) is 2.12. The monoisotopic (exact) mass is 317 g/mol. The summed E-state index contributed by atoms with van der Waals surface area (Å²) >= 11 is 0. The van der Waals surface area contributed by atoms with Crippen molar-refractivity contribution in [2.45, 2.75) is 43.2 Å². The van der Waals surface area contributed by atoms with E-state index in [1.165, 1.54) is 17.1 Å². The van der Waals surface area contributed by atoms with Gasteiger partial charge in [0.1, 0.15) is 4.90 Å². The van der Waals surface area contributed by atoms with Gasteiger partial charge in [0.05, 0.1) is 19.2 Å². The number of carboxylic acids is 1. The summed E-state index contributed by atoms with van der Waals surface area (Å²) < 4.78 is 33.9. The first-order valence-corrected chi connectivity index (χ1v) is 8.15. The highest BCUT2D eigenvalue weighted by Gasteiger charge is 2.33. The zero-order valence-corrected chi connectivity index (χ0v) is 12.6. The molecule has 0 unspecified atom stereocenters. The summed E-state index contributed by atoms with van der Waals surface area (Å²) in [6.07, 6.45) is 3.68. The molecule has 2 heterocycles. The highest BCUT2D eigenvalue weighted by molar-refractivity contribution is 7.89. The van der Waals surface area contributed by atoms with Gasteiger partial charge in [-0.05, 0) is 19.8 Å². The van der Waals surface area contributed by atoms with Gasteiger partial charge in [0.25, 0.3) is 0 Å². The molecule has 0 aromatic carbocycles. The molecule has 0 radical (unpaired) electrons. The predicted octanol–water partition coefficient (Wildman–Crippen LogP) is 0.205. The molecule has 0 atom stereocenters. The topological polar surface area (TPSA) is 111 Å². The van der Waals surface area contributed by atoms with Crippen LogP contribution in [0.3, 0.4) is 0 Å². The average Bonchev–Trinajstić information content (AvgIpc) is 2.85. The molecule has 0 aliphatic carbocycles. The number of nitrogens with one attached hydrogen (secondary N) is 1. The maximum atomic E-state index is 12.3. The first-order chi connectivity index (χ1) is 9.81. The molecule has 8 nitrogen and oxygen atoms in total. The van der Waals surface area contributed by atoms with Crippen LogP contribution in [0.4, 0.5) is 0 Å². The molecule has 1 aliphatic rings. The normalized spacial score (nSPS) is 18.5. The van der Waals surface area contributed by atoms with Crippen LogP contribution in [0.1, 0.15) is 26.2 Å². The van der Waals surface area contributed by atoms with Crippen molar-refractivity contribution in [3.05, 3.63) is 12.4 Å². The molecular weight excluding hydrogens is 298 g/mol. The molecule has 21 heavy (non-hydrogen) atoms. The van der Waals surface area contributed by atoms with E-state index in [-0.39, 0.29) is 17.9 Å². The summed E-state index contributed by atoms with van der Waals surface area (Å²) in [5.41, 5.74) is -0.528. The van der Waals surface area contributed by atoms with Crippen LogP contribution in [0.15, 0.2) is 17.3 Å². The molecule has 1 saturated heterocycles. The second-order valence-corrected chi connectivity index (χ2v) is 7.04. The van der Waals surface area contributed by atoms with Gasteiger partial charge >= 0.3 is 5.97 Å². The number of carbonyl (C=O) groups is 1. The van der Waals surface area contributed by atoms with Gasteiger partial charge in [0.2, 0.25) is 10.0 Å². The molecule has 2 N–H and O–H groups in total. The third-order valence-electron chi connectivity index (χ3n) is 3.45. The summed E-state index contributed by atoms with van der Waals surface area (Å²) in [5, 5.41) is 12.5. The summed E-state index contributed by atoms with van der Waals surface area (Å²) in [5.74, 6) is -0.956. The number of hydrogen-bond donors (Lipinski definition) is 2. The SMILES string of the molecule is CC1(NS(=O)(=O)c2cnn(CCC(=O)O)c2)CCOCC1. The van der Waals surface area contributed by atoms with Crippen molar-refractivity contribution in [2.75, 3.05) is 13.2 Å². The Morgan fingerprint density at radius 1 is 1.52 bits per heavy atom. The van der Waals surface area contributed by atoms with E-state index in [0.717, 1.165) is 0 Å². The van der Waals surface area contributed by atoms with Crippen LogP contribution in [0.5, 0.6) is 0 Å². The Kier molecular flexibility index (Phi) is 4.64. The summed E-state index contributed by atoms with van der Waals surface area (Å²) in [7, 11) is -3.67. The van der Waals surface area contributed by atoms with Crippen LogP contribution >= 0.6 is 0 Å². The van der Waals surface area contributed by atoms with Crippen LogP contribution in [-0.2, 0) is 26.1 Å². The quantitative estimate of drug-likeness (QED) is 0.776. The third kappa shape index (κ3) is 4.26. The van der Waals surface area contributed by atoms with Gasteiger partial charge in [0.15, 0.2) is 0 Å². The Morgan fingerprint density at radius 3 is 2.81 bits per heavy atom. The van der Waals surface area contributed by atoms with Crippen molar-refractivity contribution < 1.29 is 23.1 Å². The van der Waals surface area contributed by atoms with Gasteiger partial charge in [-0.15, -0.1) is 0 Å². The zero-order valence-electron chi connectivity index (χ0n) is 11.8. The fraction of sp³-hybridized carbons (Fsp3) is 0.667. The maximum Gasteiger partial charge on any atom is 0.305 e. The van der Waals surface area contributed by atoms with E-state index < -0.39 is 21.5 Å². The predicted molar refractivity (Wildman–Crippen MR) is 73.3 cm³/mol. The lowest BCUT2D eigenvalue weighted by molar-refractivity contribution is -0.137. The third-order valence-corrected chi connectivity index (χ3v) is 5.04. The lowest BCUT2D eigenvalue weighted by atomic mass is 9.94. The van der Waals surface area contributed by atoms with Crippen LogP contribution in [-0.4, -0.2) is 48.0 Å². The van der Waals surface area contributed by atoms with E-state index in [4.69, 9.17) is 9.84 Å². The van der Waals surface area contributed by atoms with Gasteiger partial charge < -0.3 is 9.84 Å². The number of aryl methyl sites for hydroxylation is 1. The second-order valence-electron chi connectivity index (χ2n) is 5.36. The summed E-state index contributed by atoms with van der Waals surface area (Å²) in [6.45, 7) is 3.03. The van der Waals surface area contributed by atoms with Crippen LogP contribution in [0, 0.1) is 0 Å². The van der Waals surface area contributed by atoms with Crippen molar-refractivity contribution in [2.24, 2.45) is 0 Å². The van der Waals surface area contributed by atoms with Gasteiger partial charge in [-0.25, -0.2) is 13.1 Å². The van der Waals surface area contributed by atoms with E-state index in [2.05, 4.69) is 9.82 Å². The Hall–Kier alpha value is -1.45. The molecule has 118 valence electrons. The first-order valence-electron chi connectivity index (χ1n) is 6.67. The molecule has 2 rings (SSSR count). The van der Waals surface area contributed by atoms with E-state index in [1.807, 2.05) is 6.92 Å². The Bertz CT molecular complexity index is 604. The Labute approximate surface area is 123 Å². The van der Waals surface area contributed by atoms with Gasteiger partial charge in [-0.2, -0.15) is 5.10 Å². The van der Waals surface area contributed by atoms with Gasteiger partial charge in [-0.3, -0.25) is 9.48 Å². The van der Waals surface area contributed by atoms with Crippen molar-refractivity contribution in [1.29, 1.82) is 0 Å². The summed E-state index contributed by atoms with van der Waals surface area (Å²) in [6, 6.07) is 0. The highest BCUT2D eigenvalue weighted by atomic mass is 32.2. The Morgan fingerprint density at radius 2 is 2.19 bits per heavy atom. The van der Waals surface area contributed by atoms with Crippen molar-refractivity contribution >= 4 is 16.0 Å². The zero-order chi connectivity index (χ0) is 15.5. The molecule has 0 spiro atoms. The molecule has 1 aromatic heterocycles. The lowest BCUT2D eigenvalue weighted by Gasteiger charge is -2.33. The van der Waals surface area contributed by atoms with Gasteiger partial charge in [0, 0.05) is 24.9 Å². The maximum absolute atomic E-state index is 12.3. The highest BCUT2D eigenvalue weighted by Crippen LogP contribution is 2.22. The summed E-state index contributed by atoms with van der Waals surface area (Å²) in [4.78, 5) is 10.5. The van der Waals surface area contributed by atoms with Crippen LogP contribution < -0.4 is 4.72 Å². The largest absolute Gasteiger partial charge is 0.481 e. The van der Waals surface area contributed by atoms with E-state index in [0.29, 0.717) is 26.1 Å². The van der Waals surface area contributed by atoms with Crippen LogP contribution in [0.25, 0.3) is 0 Å². The van der Waals surface area contributed by atoms with Crippen LogP contribution in [0.2, 0.25) is 0 Å². The number of hydrogen-bond acceptors (Lipinski definition) is 5. The number of aromatic nitrogens is 2. The standard InChI is InChI=1S/C12H19N3O5S/c1-12(3-6-20-7-4-12)14-21(18,19)10-8-13-15(9-10)5-2-11(16)17/h8-9,14H,2-7H2,1H3,(H,16,17). The second kappa shape index (κ2) is 6.12.